The van der Waals surface area contributed by atoms with E-state index in [2.05, 4.69) is 10.6 Å². The Bertz CT molecular complexity index is 196. The molecule has 1 aliphatic rings. The Morgan fingerprint density at radius 2 is 2.12 bits per heavy atom. The van der Waals surface area contributed by atoms with Gasteiger partial charge in [-0.25, -0.2) is 0 Å². The summed E-state index contributed by atoms with van der Waals surface area (Å²) in [6.45, 7) is 3.74. The lowest BCUT2D eigenvalue weighted by Gasteiger charge is -2.06. The molecule has 1 rings (SSSR count). The first kappa shape index (κ1) is 13.4. The zero-order valence-electron chi connectivity index (χ0n) is 9.96. The van der Waals surface area contributed by atoms with Crippen molar-refractivity contribution in [2.24, 2.45) is 5.92 Å². The SMILES string of the molecule is COCCOCCNCC(=O)NCC1CC1. The largest absolute Gasteiger partial charge is 0.382 e. The van der Waals surface area contributed by atoms with Crippen molar-refractivity contribution in [2.45, 2.75) is 12.8 Å². The van der Waals surface area contributed by atoms with Crippen molar-refractivity contribution in [3.8, 4) is 0 Å². The molecule has 2 N–H and O–H groups in total. The minimum atomic E-state index is 0.0730. The highest BCUT2D eigenvalue weighted by molar-refractivity contribution is 5.77. The lowest BCUT2D eigenvalue weighted by atomic mass is 10.4. The van der Waals surface area contributed by atoms with Gasteiger partial charge in [0, 0.05) is 20.2 Å². The molecule has 1 aliphatic carbocycles. The van der Waals surface area contributed by atoms with Crippen molar-refractivity contribution in [3.63, 3.8) is 0 Å². The fraction of sp³-hybridized carbons (Fsp3) is 0.909. The van der Waals surface area contributed by atoms with Crippen molar-refractivity contribution >= 4 is 5.91 Å². The third-order valence-electron chi connectivity index (χ3n) is 2.43. The normalized spacial score (nSPS) is 15.1. The quantitative estimate of drug-likeness (QED) is 0.509. The molecule has 94 valence electrons. The summed E-state index contributed by atoms with van der Waals surface area (Å²) in [4.78, 5) is 11.3. The van der Waals surface area contributed by atoms with Gasteiger partial charge in [0.15, 0.2) is 0 Å². The number of ether oxygens (including phenoxy) is 2. The van der Waals surface area contributed by atoms with E-state index in [1.165, 1.54) is 12.8 Å². The summed E-state index contributed by atoms with van der Waals surface area (Å²) in [7, 11) is 1.64. The number of amides is 1. The van der Waals surface area contributed by atoms with Crippen LogP contribution in [-0.2, 0) is 14.3 Å². The van der Waals surface area contributed by atoms with Crippen LogP contribution in [0.25, 0.3) is 0 Å². The number of nitrogens with one attached hydrogen (secondary N) is 2. The zero-order chi connectivity index (χ0) is 11.6. The highest BCUT2D eigenvalue weighted by Crippen LogP contribution is 2.27. The molecular formula is C11H22N2O3. The van der Waals surface area contributed by atoms with Crippen LogP contribution < -0.4 is 10.6 Å². The summed E-state index contributed by atoms with van der Waals surface area (Å²) in [6, 6.07) is 0. The van der Waals surface area contributed by atoms with Crippen LogP contribution in [0.5, 0.6) is 0 Å². The van der Waals surface area contributed by atoms with Gasteiger partial charge in [-0.1, -0.05) is 0 Å². The van der Waals surface area contributed by atoms with Crippen molar-refractivity contribution in [1.82, 2.24) is 10.6 Å². The Balaban J connectivity index is 1.76. The molecule has 0 atom stereocenters. The molecule has 0 radical (unpaired) electrons. The van der Waals surface area contributed by atoms with Gasteiger partial charge in [-0.15, -0.1) is 0 Å². The van der Waals surface area contributed by atoms with Gasteiger partial charge in [0.1, 0.15) is 0 Å². The molecule has 0 aromatic heterocycles. The molecule has 0 aliphatic heterocycles. The van der Waals surface area contributed by atoms with E-state index in [4.69, 9.17) is 9.47 Å². The van der Waals surface area contributed by atoms with E-state index in [1.807, 2.05) is 0 Å². The summed E-state index contributed by atoms with van der Waals surface area (Å²) in [5.74, 6) is 0.810. The minimum Gasteiger partial charge on any atom is -0.382 e. The molecule has 1 amide bonds. The van der Waals surface area contributed by atoms with Crippen molar-refractivity contribution in [3.05, 3.63) is 0 Å². The maximum Gasteiger partial charge on any atom is 0.233 e. The molecule has 0 saturated heterocycles. The van der Waals surface area contributed by atoms with Crippen LogP contribution in [0.4, 0.5) is 0 Å². The van der Waals surface area contributed by atoms with E-state index in [1.54, 1.807) is 7.11 Å². The molecule has 0 spiro atoms. The number of hydrogen-bond acceptors (Lipinski definition) is 4. The van der Waals surface area contributed by atoms with E-state index < -0.39 is 0 Å². The Morgan fingerprint density at radius 3 is 2.81 bits per heavy atom. The van der Waals surface area contributed by atoms with E-state index in [-0.39, 0.29) is 5.91 Å². The molecule has 5 nitrogen and oxygen atoms in total. The van der Waals surface area contributed by atoms with Crippen LogP contribution in [0.15, 0.2) is 0 Å². The summed E-state index contributed by atoms with van der Waals surface area (Å²) < 4.78 is 10.1. The van der Waals surface area contributed by atoms with E-state index in [0.717, 1.165) is 12.5 Å². The fourth-order valence-corrected chi connectivity index (χ4v) is 1.23. The summed E-state index contributed by atoms with van der Waals surface area (Å²) in [5.41, 5.74) is 0. The lowest BCUT2D eigenvalue weighted by Crippen LogP contribution is -2.36. The number of methoxy groups -OCH3 is 1. The fourth-order valence-electron chi connectivity index (χ4n) is 1.23. The Hall–Kier alpha value is -0.650. The molecule has 16 heavy (non-hydrogen) atoms. The molecule has 0 unspecified atom stereocenters. The maximum atomic E-state index is 11.3. The summed E-state index contributed by atoms with van der Waals surface area (Å²) >= 11 is 0. The molecule has 0 bridgehead atoms. The van der Waals surface area contributed by atoms with Gasteiger partial charge < -0.3 is 20.1 Å². The first-order valence-electron chi connectivity index (χ1n) is 5.87. The van der Waals surface area contributed by atoms with E-state index in [0.29, 0.717) is 32.9 Å². The molecular weight excluding hydrogens is 208 g/mol. The Labute approximate surface area is 96.9 Å². The summed E-state index contributed by atoms with van der Waals surface area (Å²) in [5, 5.41) is 5.92. The second-order valence-electron chi connectivity index (χ2n) is 4.03. The Kier molecular flexibility index (Phi) is 7.12. The lowest BCUT2D eigenvalue weighted by molar-refractivity contribution is -0.120. The smallest absolute Gasteiger partial charge is 0.233 e. The molecule has 0 aromatic rings. The van der Waals surface area contributed by atoms with Gasteiger partial charge in [0.25, 0.3) is 0 Å². The van der Waals surface area contributed by atoms with E-state index in [9.17, 15) is 4.79 Å². The monoisotopic (exact) mass is 230 g/mol. The van der Waals surface area contributed by atoms with Crippen molar-refractivity contribution < 1.29 is 14.3 Å². The van der Waals surface area contributed by atoms with E-state index >= 15 is 0 Å². The predicted molar refractivity (Wildman–Crippen MR) is 61.3 cm³/mol. The van der Waals surface area contributed by atoms with Crippen LogP contribution in [-0.4, -0.2) is 52.5 Å². The highest BCUT2D eigenvalue weighted by atomic mass is 16.5. The zero-order valence-corrected chi connectivity index (χ0v) is 9.96. The van der Waals surface area contributed by atoms with Crippen molar-refractivity contribution in [1.29, 1.82) is 0 Å². The molecule has 1 saturated carbocycles. The second-order valence-corrected chi connectivity index (χ2v) is 4.03. The first-order valence-corrected chi connectivity index (χ1v) is 5.87. The number of carbonyl (C=O) groups excluding carboxylic acids is 1. The Morgan fingerprint density at radius 1 is 1.31 bits per heavy atom. The van der Waals surface area contributed by atoms with Crippen LogP contribution in [0.1, 0.15) is 12.8 Å². The van der Waals surface area contributed by atoms with Crippen LogP contribution in [0.3, 0.4) is 0 Å². The average molecular weight is 230 g/mol. The highest BCUT2D eigenvalue weighted by Gasteiger charge is 2.21. The topological polar surface area (TPSA) is 59.6 Å². The molecule has 0 heterocycles. The third kappa shape index (κ3) is 7.62. The van der Waals surface area contributed by atoms with Gasteiger partial charge in [-0.3, -0.25) is 4.79 Å². The predicted octanol–water partition coefficient (Wildman–Crippen LogP) is -0.235. The average Bonchev–Trinajstić information content (AvgIpc) is 3.09. The van der Waals surface area contributed by atoms with Gasteiger partial charge in [0.2, 0.25) is 5.91 Å². The van der Waals surface area contributed by atoms with Crippen LogP contribution in [0, 0.1) is 5.92 Å². The van der Waals surface area contributed by atoms with Gasteiger partial charge in [-0.05, 0) is 18.8 Å². The van der Waals surface area contributed by atoms with Gasteiger partial charge >= 0.3 is 0 Å². The van der Waals surface area contributed by atoms with Gasteiger partial charge in [-0.2, -0.15) is 0 Å². The summed E-state index contributed by atoms with van der Waals surface area (Å²) in [6.07, 6.45) is 2.53. The maximum absolute atomic E-state index is 11.3. The number of rotatable bonds is 10. The number of hydrogen-bond donors (Lipinski definition) is 2. The van der Waals surface area contributed by atoms with Crippen LogP contribution >= 0.6 is 0 Å². The molecule has 5 heteroatoms. The molecule has 0 aromatic carbocycles. The second kappa shape index (κ2) is 8.50. The van der Waals surface area contributed by atoms with Crippen molar-refractivity contribution in [2.75, 3.05) is 46.6 Å². The third-order valence-corrected chi connectivity index (χ3v) is 2.43. The number of carbonyl (C=O) groups is 1. The molecule has 1 fully saturated rings. The van der Waals surface area contributed by atoms with Gasteiger partial charge in [0.05, 0.1) is 26.4 Å². The first-order chi connectivity index (χ1) is 7.83. The van der Waals surface area contributed by atoms with Crippen LogP contribution in [0.2, 0.25) is 0 Å². The standard InChI is InChI=1S/C11H22N2O3/c1-15-6-7-16-5-4-12-9-11(14)13-8-10-2-3-10/h10,12H,2-9H2,1H3,(H,13,14). The minimum absolute atomic E-state index is 0.0730.